The summed E-state index contributed by atoms with van der Waals surface area (Å²) in [4.78, 5) is 0. The van der Waals surface area contributed by atoms with Crippen molar-refractivity contribution in [2.45, 2.75) is 77.9 Å². The van der Waals surface area contributed by atoms with Gasteiger partial charge in [0.1, 0.15) is 0 Å². The topological polar surface area (TPSA) is 40.5 Å². The van der Waals surface area contributed by atoms with Gasteiger partial charge in [-0.15, -0.1) is 0 Å². The number of aliphatic hydroxyl groups is 2. The van der Waals surface area contributed by atoms with Crippen LogP contribution in [0.5, 0.6) is 0 Å². The van der Waals surface area contributed by atoms with Crippen molar-refractivity contribution in [3.8, 4) is 0 Å². The van der Waals surface area contributed by atoms with Gasteiger partial charge in [-0.3, -0.25) is 0 Å². The molecule has 0 aliphatic carbocycles. The van der Waals surface area contributed by atoms with Crippen LogP contribution in [0.1, 0.15) is 71.6 Å². The highest BCUT2D eigenvalue weighted by molar-refractivity contribution is 4.61. The minimum Gasteiger partial charge on any atom is -0.368 e. The second-order valence-electron chi connectivity index (χ2n) is 4.52. The Morgan fingerprint density at radius 3 is 1.80 bits per heavy atom. The van der Waals surface area contributed by atoms with E-state index in [0.717, 1.165) is 32.1 Å². The highest BCUT2D eigenvalue weighted by atomic mass is 16.5. The van der Waals surface area contributed by atoms with Gasteiger partial charge in [-0.2, -0.15) is 0 Å². The van der Waals surface area contributed by atoms with Crippen molar-refractivity contribution in [3.05, 3.63) is 0 Å². The van der Waals surface area contributed by atoms with Crippen LogP contribution in [0.25, 0.3) is 0 Å². The zero-order valence-electron chi connectivity index (χ0n) is 10.4. The molecule has 1 atom stereocenters. The van der Waals surface area contributed by atoms with Gasteiger partial charge in [0, 0.05) is 5.92 Å². The van der Waals surface area contributed by atoms with Gasteiger partial charge in [0.2, 0.25) is 0 Å². The molecule has 0 amide bonds. The van der Waals surface area contributed by atoms with Crippen LogP contribution in [0.2, 0.25) is 0 Å². The molecule has 1 unspecified atom stereocenters. The summed E-state index contributed by atoms with van der Waals surface area (Å²) >= 11 is 0. The largest absolute Gasteiger partial charge is 0.368 e. The summed E-state index contributed by atoms with van der Waals surface area (Å²) in [6.07, 6.45) is 9.32. The molecule has 0 heterocycles. The first-order valence-corrected chi connectivity index (χ1v) is 6.58. The monoisotopic (exact) mass is 216 g/mol. The highest BCUT2D eigenvalue weighted by Crippen LogP contribution is 2.19. The van der Waals surface area contributed by atoms with Gasteiger partial charge in [-0.25, -0.2) is 0 Å². The van der Waals surface area contributed by atoms with Crippen LogP contribution in [0.4, 0.5) is 0 Å². The van der Waals surface area contributed by atoms with Gasteiger partial charge in [0.25, 0.3) is 0 Å². The van der Waals surface area contributed by atoms with E-state index in [1.807, 2.05) is 0 Å². The van der Waals surface area contributed by atoms with E-state index in [4.69, 9.17) is 0 Å². The molecule has 0 spiro atoms. The molecule has 92 valence electrons. The number of hydrogen-bond donors (Lipinski definition) is 2. The first kappa shape index (κ1) is 14.9. The molecule has 0 aliphatic heterocycles. The summed E-state index contributed by atoms with van der Waals surface area (Å²) in [6.45, 7) is 4.35. The smallest absolute Gasteiger partial charge is 0.154 e. The summed E-state index contributed by atoms with van der Waals surface area (Å²) < 4.78 is 0. The zero-order valence-corrected chi connectivity index (χ0v) is 10.4. The molecule has 2 nitrogen and oxygen atoms in total. The summed E-state index contributed by atoms with van der Waals surface area (Å²) in [6, 6.07) is 0. The van der Waals surface area contributed by atoms with E-state index < -0.39 is 6.29 Å². The summed E-state index contributed by atoms with van der Waals surface area (Å²) in [5.41, 5.74) is 0. The second kappa shape index (κ2) is 10.4. The molecule has 0 saturated heterocycles. The molecule has 0 fully saturated rings. The molecule has 15 heavy (non-hydrogen) atoms. The van der Waals surface area contributed by atoms with Crippen molar-refractivity contribution in [2.75, 3.05) is 0 Å². The van der Waals surface area contributed by atoms with Crippen LogP contribution >= 0.6 is 0 Å². The Bertz CT molecular complexity index is 124. The average molecular weight is 216 g/mol. The van der Waals surface area contributed by atoms with E-state index in [1.54, 1.807) is 0 Å². The van der Waals surface area contributed by atoms with E-state index in [0.29, 0.717) is 0 Å². The van der Waals surface area contributed by atoms with E-state index in [9.17, 15) is 10.2 Å². The molecular weight excluding hydrogens is 188 g/mol. The van der Waals surface area contributed by atoms with Crippen LogP contribution in [0.3, 0.4) is 0 Å². The van der Waals surface area contributed by atoms with Gasteiger partial charge in [0.15, 0.2) is 6.29 Å². The Morgan fingerprint density at radius 2 is 1.27 bits per heavy atom. The van der Waals surface area contributed by atoms with E-state index in [-0.39, 0.29) is 5.92 Å². The molecule has 0 aliphatic rings. The third-order valence-corrected chi connectivity index (χ3v) is 3.03. The molecule has 0 bridgehead atoms. The van der Waals surface area contributed by atoms with Crippen molar-refractivity contribution in [1.82, 2.24) is 0 Å². The molecule has 0 aromatic carbocycles. The number of unbranched alkanes of at least 4 members (excludes halogenated alkanes) is 5. The first-order valence-electron chi connectivity index (χ1n) is 6.58. The van der Waals surface area contributed by atoms with Crippen LogP contribution in [0.15, 0.2) is 0 Å². The Morgan fingerprint density at radius 1 is 0.733 bits per heavy atom. The number of aliphatic hydroxyl groups excluding tert-OH is 1. The van der Waals surface area contributed by atoms with Crippen molar-refractivity contribution in [2.24, 2.45) is 5.92 Å². The maximum Gasteiger partial charge on any atom is 0.154 e. The van der Waals surface area contributed by atoms with E-state index in [2.05, 4.69) is 13.8 Å². The van der Waals surface area contributed by atoms with Crippen LogP contribution in [0, 0.1) is 5.92 Å². The van der Waals surface area contributed by atoms with Gasteiger partial charge < -0.3 is 10.2 Å². The van der Waals surface area contributed by atoms with Crippen LogP contribution in [-0.4, -0.2) is 16.5 Å². The first-order chi connectivity index (χ1) is 7.22. The fourth-order valence-corrected chi connectivity index (χ4v) is 1.92. The minimum absolute atomic E-state index is 0.103. The SMILES string of the molecule is CCCCCCCC(CCCC)C(O)O. The highest BCUT2D eigenvalue weighted by Gasteiger charge is 2.15. The lowest BCUT2D eigenvalue weighted by molar-refractivity contribution is -0.0889. The van der Waals surface area contributed by atoms with Gasteiger partial charge in [-0.05, 0) is 12.8 Å². The van der Waals surface area contributed by atoms with Crippen molar-refractivity contribution >= 4 is 0 Å². The quantitative estimate of drug-likeness (QED) is 0.433. The van der Waals surface area contributed by atoms with Gasteiger partial charge in [-0.1, -0.05) is 58.8 Å². The van der Waals surface area contributed by atoms with Crippen molar-refractivity contribution < 1.29 is 10.2 Å². The Balaban J connectivity index is 3.48. The Kier molecular flexibility index (Phi) is 10.4. The Hall–Kier alpha value is -0.0800. The van der Waals surface area contributed by atoms with Gasteiger partial charge in [0.05, 0.1) is 0 Å². The second-order valence-corrected chi connectivity index (χ2v) is 4.52. The van der Waals surface area contributed by atoms with E-state index in [1.165, 1.54) is 25.7 Å². The molecular formula is C13H28O2. The summed E-state index contributed by atoms with van der Waals surface area (Å²) in [5.74, 6) is 0.103. The lowest BCUT2D eigenvalue weighted by Crippen LogP contribution is -2.19. The van der Waals surface area contributed by atoms with Crippen LogP contribution in [-0.2, 0) is 0 Å². The maximum absolute atomic E-state index is 9.20. The lowest BCUT2D eigenvalue weighted by Gasteiger charge is -2.18. The Labute approximate surface area is 94.7 Å². The third-order valence-electron chi connectivity index (χ3n) is 3.03. The number of rotatable bonds is 10. The molecule has 0 saturated carbocycles. The maximum atomic E-state index is 9.20. The minimum atomic E-state index is -1.11. The average Bonchev–Trinajstić information content (AvgIpc) is 2.21. The van der Waals surface area contributed by atoms with E-state index >= 15 is 0 Å². The van der Waals surface area contributed by atoms with Crippen molar-refractivity contribution in [1.29, 1.82) is 0 Å². The fourth-order valence-electron chi connectivity index (χ4n) is 1.92. The predicted octanol–water partition coefficient (Wildman–Crippen LogP) is 3.46. The molecule has 2 N–H and O–H groups in total. The fraction of sp³-hybridized carbons (Fsp3) is 1.00. The lowest BCUT2D eigenvalue weighted by atomic mass is 9.94. The molecule has 0 aromatic rings. The normalized spacial score (nSPS) is 13.4. The number of hydrogen-bond acceptors (Lipinski definition) is 2. The van der Waals surface area contributed by atoms with Crippen LogP contribution < -0.4 is 0 Å². The predicted molar refractivity (Wildman–Crippen MR) is 64.6 cm³/mol. The molecule has 0 rings (SSSR count). The van der Waals surface area contributed by atoms with Crippen molar-refractivity contribution in [3.63, 3.8) is 0 Å². The standard InChI is InChI=1S/C13H28O2/c1-3-5-7-8-9-11-12(13(14)15)10-6-4-2/h12-15H,3-11H2,1-2H3. The molecule has 2 heteroatoms. The summed E-state index contributed by atoms with van der Waals surface area (Å²) in [7, 11) is 0. The van der Waals surface area contributed by atoms with Gasteiger partial charge >= 0.3 is 0 Å². The summed E-state index contributed by atoms with van der Waals surface area (Å²) in [5, 5.41) is 18.4. The molecule has 0 radical (unpaired) electrons. The zero-order chi connectivity index (χ0) is 11.5. The third kappa shape index (κ3) is 8.88. The molecule has 0 aromatic heterocycles.